The highest BCUT2D eigenvalue weighted by molar-refractivity contribution is 7.09. The van der Waals surface area contributed by atoms with Crippen LogP contribution < -0.4 is 5.32 Å². The van der Waals surface area contributed by atoms with Gasteiger partial charge in [0, 0.05) is 30.5 Å². The number of anilines is 2. The van der Waals surface area contributed by atoms with Gasteiger partial charge in [0.15, 0.2) is 5.82 Å². The van der Waals surface area contributed by atoms with E-state index in [0.29, 0.717) is 11.0 Å². The molecule has 0 radical (unpaired) electrons. The zero-order valence-electron chi connectivity index (χ0n) is 12.4. The van der Waals surface area contributed by atoms with Crippen molar-refractivity contribution in [1.82, 2.24) is 24.1 Å². The van der Waals surface area contributed by atoms with E-state index in [1.54, 1.807) is 12.4 Å². The van der Waals surface area contributed by atoms with Crippen molar-refractivity contribution < 1.29 is 4.74 Å². The molecule has 1 aliphatic rings. The van der Waals surface area contributed by atoms with Crippen LogP contribution in [0.2, 0.25) is 0 Å². The molecule has 1 saturated heterocycles. The van der Waals surface area contributed by atoms with Crippen LogP contribution in [-0.4, -0.2) is 36.8 Å². The van der Waals surface area contributed by atoms with E-state index in [2.05, 4.69) is 24.8 Å². The second-order valence-electron chi connectivity index (χ2n) is 5.35. The summed E-state index contributed by atoms with van der Waals surface area (Å²) in [5, 5.41) is 8.24. The van der Waals surface area contributed by atoms with Gasteiger partial charge in [0.05, 0.1) is 24.4 Å². The number of aromatic nitrogens is 5. The van der Waals surface area contributed by atoms with Crippen molar-refractivity contribution in [3.63, 3.8) is 0 Å². The zero-order valence-corrected chi connectivity index (χ0v) is 13.2. The van der Waals surface area contributed by atoms with Gasteiger partial charge in [0.25, 0.3) is 0 Å². The third kappa shape index (κ3) is 3.38. The standard InChI is InChI=1S/C15H16N6OS/c1-2-6-16-13(5-1)18-15-19-14(20-23-15)11-8-17-21(9-11)10-12-4-3-7-22-12/h1-2,5-6,8-9,12H,3-4,7,10H2,(H,16,18,19,20). The molecule has 0 aromatic carbocycles. The lowest BCUT2D eigenvalue weighted by atomic mass is 10.2. The Hall–Kier alpha value is -2.32. The van der Waals surface area contributed by atoms with E-state index in [4.69, 9.17) is 4.74 Å². The molecule has 1 atom stereocenters. The van der Waals surface area contributed by atoms with Crippen molar-refractivity contribution in [1.29, 1.82) is 0 Å². The van der Waals surface area contributed by atoms with E-state index in [-0.39, 0.29) is 6.10 Å². The predicted molar refractivity (Wildman–Crippen MR) is 87.6 cm³/mol. The SMILES string of the molecule is c1ccc(Nc2nc(-c3cnn(CC4CCCO4)c3)ns2)nc1. The van der Waals surface area contributed by atoms with E-state index < -0.39 is 0 Å². The molecule has 0 spiro atoms. The van der Waals surface area contributed by atoms with E-state index in [9.17, 15) is 0 Å². The minimum atomic E-state index is 0.271. The summed E-state index contributed by atoms with van der Waals surface area (Å²) in [5.74, 6) is 1.43. The molecule has 118 valence electrons. The summed E-state index contributed by atoms with van der Waals surface area (Å²) >= 11 is 1.31. The molecule has 1 unspecified atom stereocenters. The Balaban J connectivity index is 1.45. The van der Waals surface area contributed by atoms with Crippen LogP contribution in [0.3, 0.4) is 0 Å². The van der Waals surface area contributed by atoms with Crippen molar-refractivity contribution in [3.05, 3.63) is 36.8 Å². The number of pyridine rings is 1. The topological polar surface area (TPSA) is 77.8 Å². The number of rotatable bonds is 5. The van der Waals surface area contributed by atoms with Gasteiger partial charge < -0.3 is 10.1 Å². The van der Waals surface area contributed by atoms with Gasteiger partial charge in [0.2, 0.25) is 5.13 Å². The maximum Gasteiger partial charge on any atom is 0.208 e. The number of nitrogens with one attached hydrogen (secondary N) is 1. The van der Waals surface area contributed by atoms with Crippen molar-refractivity contribution in [2.45, 2.75) is 25.5 Å². The molecule has 7 nitrogen and oxygen atoms in total. The second kappa shape index (κ2) is 6.43. The summed E-state index contributed by atoms with van der Waals surface area (Å²) < 4.78 is 11.9. The molecule has 1 aliphatic heterocycles. The van der Waals surface area contributed by atoms with Crippen LogP contribution in [-0.2, 0) is 11.3 Å². The molecule has 0 saturated carbocycles. The van der Waals surface area contributed by atoms with Crippen LogP contribution in [0.4, 0.5) is 10.9 Å². The van der Waals surface area contributed by atoms with Gasteiger partial charge in [-0.2, -0.15) is 14.5 Å². The van der Waals surface area contributed by atoms with E-state index in [1.807, 2.05) is 29.1 Å². The fourth-order valence-electron chi connectivity index (χ4n) is 2.51. The average molecular weight is 328 g/mol. The fraction of sp³-hybridized carbons (Fsp3) is 0.333. The number of ether oxygens (including phenoxy) is 1. The summed E-state index contributed by atoms with van der Waals surface area (Å²) in [7, 11) is 0. The predicted octanol–water partition coefficient (Wildman–Crippen LogP) is 2.72. The monoisotopic (exact) mass is 328 g/mol. The van der Waals surface area contributed by atoms with Crippen LogP contribution in [0.15, 0.2) is 36.8 Å². The van der Waals surface area contributed by atoms with Crippen molar-refractivity contribution in [3.8, 4) is 11.4 Å². The lowest BCUT2D eigenvalue weighted by Gasteiger charge is -2.08. The first-order chi connectivity index (χ1) is 11.4. The average Bonchev–Trinajstić information content (AvgIpc) is 3.30. The molecule has 1 N–H and O–H groups in total. The molecule has 1 fully saturated rings. The van der Waals surface area contributed by atoms with Crippen LogP contribution in [0.25, 0.3) is 11.4 Å². The lowest BCUT2D eigenvalue weighted by molar-refractivity contribution is 0.0940. The molecule has 0 bridgehead atoms. The van der Waals surface area contributed by atoms with Gasteiger partial charge in [-0.1, -0.05) is 6.07 Å². The maximum absolute atomic E-state index is 5.64. The molecule has 4 rings (SSSR count). The van der Waals surface area contributed by atoms with Gasteiger partial charge in [-0.05, 0) is 25.0 Å². The maximum atomic E-state index is 5.64. The van der Waals surface area contributed by atoms with Crippen LogP contribution >= 0.6 is 11.5 Å². The Morgan fingerprint density at radius 3 is 3.22 bits per heavy atom. The highest BCUT2D eigenvalue weighted by Gasteiger charge is 2.17. The van der Waals surface area contributed by atoms with E-state index in [0.717, 1.165) is 37.4 Å². The van der Waals surface area contributed by atoms with Gasteiger partial charge in [0.1, 0.15) is 5.82 Å². The molecule has 0 aliphatic carbocycles. The third-order valence-electron chi connectivity index (χ3n) is 3.63. The van der Waals surface area contributed by atoms with Gasteiger partial charge >= 0.3 is 0 Å². The molecule has 3 aromatic heterocycles. The van der Waals surface area contributed by atoms with Gasteiger partial charge in [-0.15, -0.1) is 0 Å². The molecule has 3 aromatic rings. The summed E-state index contributed by atoms with van der Waals surface area (Å²) in [4.78, 5) is 8.71. The van der Waals surface area contributed by atoms with Crippen LogP contribution in [0.5, 0.6) is 0 Å². The van der Waals surface area contributed by atoms with Gasteiger partial charge in [-0.25, -0.2) is 4.98 Å². The summed E-state index contributed by atoms with van der Waals surface area (Å²) in [6.07, 6.45) is 8.00. The van der Waals surface area contributed by atoms with Crippen molar-refractivity contribution in [2.75, 3.05) is 11.9 Å². The minimum Gasteiger partial charge on any atom is -0.376 e. The van der Waals surface area contributed by atoms with E-state index in [1.165, 1.54) is 11.5 Å². The zero-order chi connectivity index (χ0) is 15.5. The second-order valence-corrected chi connectivity index (χ2v) is 6.10. The summed E-state index contributed by atoms with van der Waals surface area (Å²) in [5.41, 5.74) is 0.910. The van der Waals surface area contributed by atoms with Gasteiger partial charge in [-0.3, -0.25) is 4.68 Å². The molecule has 4 heterocycles. The molecule has 8 heteroatoms. The highest BCUT2D eigenvalue weighted by Crippen LogP contribution is 2.23. The summed E-state index contributed by atoms with van der Waals surface area (Å²) in [6, 6.07) is 5.69. The Labute approximate surface area is 137 Å². The first-order valence-electron chi connectivity index (χ1n) is 7.53. The van der Waals surface area contributed by atoms with Crippen LogP contribution in [0, 0.1) is 0 Å². The van der Waals surface area contributed by atoms with E-state index >= 15 is 0 Å². The smallest absolute Gasteiger partial charge is 0.208 e. The molecule has 0 amide bonds. The molecular weight excluding hydrogens is 312 g/mol. The minimum absolute atomic E-state index is 0.271. The Bertz CT molecular complexity index is 765. The molecule has 23 heavy (non-hydrogen) atoms. The highest BCUT2D eigenvalue weighted by atomic mass is 32.1. The first kappa shape index (κ1) is 14.3. The Morgan fingerprint density at radius 1 is 1.39 bits per heavy atom. The quantitative estimate of drug-likeness (QED) is 0.776. The van der Waals surface area contributed by atoms with Crippen LogP contribution in [0.1, 0.15) is 12.8 Å². The Morgan fingerprint density at radius 2 is 2.39 bits per heavy atom. The third-order valence-corrected chi connectivity index (χ3v) is 4.26. The largest absolute Gasteiger partial charge is 0.376 e. The lowest BCUT2D eigenvalue weighted by Crippen LogP contribution is -2.14. The number of hydrogen-bond acceptors (Lipinski definition) is 7. The first-order valence-corrected chi connectivity index (χ1v) is 8.30. The van der Waals surface area contributed by atoms with Crippen molar-refractivity contribution in [2.24, 2.45) is 0 Å². The number of nitrogens with zero attached hydrogens (tertiary/aromatic N) is 5. The Kier molecular flexibility index (Phi) is 3.99. The number of hydrogen-bond donors (Lipinski definition) is 1. The fourth-order valence-corrected chi connectivity index (χ4v) is 3.11. The normalized spacial score (nSPS) is 17.5. The molecular formula is C15H16N6OS. The summed E-state index contributed by atoms with van der Waals surface area (Å²) in [6.45, 7) is 1.64. The van der Waals surface area contributed by atoms with Crippen molar-refractivity contribution >= 4 is 22.5 Å².